The van der Waals surface area contributed by atoms with Gasteiger partial charge in [-0.05, 0) is 42.0 Å². The quantitative estimate of drug-likeness (QED) is 0.654. The summed E-state index contributed by atoms with van der Waals surface area (Å²) in [5, 5.41) is 20.0. The maximum absolute atomic E-state index is 13.5. The van der Waals surface area contributed by atoms with Gasteiger partial charge in [-0.25, -0.2) is 14.0 Å². The topological polar surface area (TPSA) is 135 Å². The summed E-state index contributed by atoms with van der Waals surface area (Å²) in [6, 6.07) is 11.1. The minimum absolute atomic E-state index is 0.0770. The predicted molar refractivity (Wildman–Crippen MR) is 114 cm³/mol. The standard InChI is InChI=1S/C23H20FN3O6/c1-31-17-10-12(4-9-16(17)28)18-15(11-25)21(26)27(14-7-5-13(24)6-8-14)20(23(30)33-3)19(18)22(29)32-2/h4-10,18,28H,26H2,1-3H3/t18-/m1/s1. The highest BCUT2D eigenvalue weighted by Gasteiger charge is 2.43. The maximum atomic E-state index is 13.5. The SMILES string of the molecule is COC(=O)C1=C(C(=O)OC)N(c2ccc(F)cc2)C(N)=C(C#N)[C@H]1c1ccc(O)c(OC)c1. The van der Waals surface area contributed by atoms with Crippen LogP contribution in [-0.4, -0.2) is 38.4 Å². The van der Waals surface area contributed by atoms with Gasteiger partial charge in [0.05, 0.1) is 44.5 Å². The molecule has 9 nitrogen and oxygen atoms in total. The highest BCUT2D eigenvalue weighted by atomic mass is 19.1. The molecule has 3 N–H and O–H groups in total. The Morgan fingerprint density at radius 2 is 1.73 bits per heavy atom. The number of allylic oxidation sites excluding steroid dienone is 1. The van der Waals surface area contributed by atoms with Crippen molar-refractivity contribution in [3.05, 3.63) is 76.5 Å². The Morgan fingerprint density at radius 1 is 1.09 bits per heavy atom. The van der Waals surface area contributed by atoms with Crippen LogP contribution in [0.2, 0.25) is 0 Å². The number of carbonyl (C=O) groups is 2. The fraction of sp³-hybridized carbons (Fsp3) is 0.174. The van der Waals surface area contributed by atoms with E-state index in [1.807, 2.05) is 6.07 Å². The van der Waals surface area contributed by atoms with Crippen molar-refractivity contribution < 1.29 is 33.3 Å². The number of anilines is 1. The van der Waals surface area contributed by atoms with Gasteiger partial charge in [0.2, 0.25) is 0 Å². The Morgan fingerprint density at radius 3 is 2.27 bits per heavy atom. The molecule has 1 aliphatic heterocycles. The molecule has 0 aliphatic carbocycles. The molecule has 0 spiro atoms. The number of nitriles is 1. The van der Waals surface area contributed by atoms with Crippen molar-refractivity contribution in [2.24, 2.45) is 5.73 Å². The number of aromatic hydroxyl groups is 1. The van der Waals surface area contributed by atoms with Crippen LogP contribution in [0.25, 0.3) is 0 Å². The van der Waals surface area contributed by atoms with Gasteiger partial charge in [-0.1, -0.05) is 6.07 Å². The summed E-state index contributed by atoms with van der Waals surface area (Å²) >= 11 is 0. The van der Waals surface area contributed by atoms with Crippen LogP contribution < -0.4 is 15.4 Å². The summed E-state index contributed by atoms with van der Waals surface area (Å²) in [4.78, 5) is 27.0. The highest BCUT2D eigenvalue weighted by Crippen LogP contribution is 2.44. The molecule has 0 amide bonds. The van der Waals surface area contributed by atoms with E-state index in [-0.39, 0.29) is 39.9 Å². The molecule has 0 aromatic heterocycles. The van der Waals surface area contributed by atoms with Gasteiger partial charge in [-0.15, -0.1) is 0 Å². The lowest BCUT2D eigenvalue weighted by atomic mass is 9.80. The molecule has 1 aliphatic rings. The third-order valence-electron chi connectivity index (χ3n) is 5.10. The number of halogens is 1. The Bertz CT molecular complexity index is 1210. The second kappa shape index (κ2) is 9.32. The van der Waals surface area contributed by atoms with Crippen molar-refractivity contribution in [3.8, 4) is 17.6 Å². The van der Waals surface area contributed by atoms with Crippen LogP contribution in [0.15, 0.2) is 65.1 Å². The number of hydrogen-bond donors (Lipinski definition) is 2. The van der Waals surface area contributed by atoms with Crippen LogP contribution in [0.3, 0.4) is 0 Å². The average molecular weight is 453 g/mol. The van der Waals surface area contributed by atoms with Crippen LogP contribution in [-0.2, 0) is 19.1 Å². The number of nitrogens with two attached hydrogens (primary N) is 1. The molecular weight excluding hydrogens is 433 g/mol. The largest absolute Gasteiger partial charge is 0.504 e. The van der Waals surface area contributed by atoms with E-state index in [1.54, 1.807) is 0 Å². The minimum atomic E-state index is -1.15. The lowest BCUT2D eigenvalue weighted by Gasteiger charge is -2.35. The van der Waals surface area contributed by atoms with Crippen molar-refractivity contribution in [2.75, 3.05) is 26.2 Å². The molecule has 33 heavy (non-hydrogen) atoms. The molecule has 0 bridgehead atoms. The number of methoxy groups -OCH3 is 3. The van der Waals surface area contributed by atoms with E-state index in [1.165, 1.54) is 37.4 Å². The first-order chi connectivity index (χ1) is 15.8. The van der Waals surface area contributed by atoms with Crippen molar-refractivity contribution in [3.63, 3.8) is 0 Å². The molecule has 170 valence electrons. The van der Waals surface area contributed by atoms with E-state index >= 15 is 0 Å². The van der Waals surface area contributed by atoms with Crippen LogP contribution in [0.1, 0.15) is 11.5 Å². The Kier molecular flexibility index (Phi) is 6.53. The number of rotatable bonds is 5. The van der Waals surface area contributed by atoms with Gasteiger partial charge in [0.25, 0.3) is 0 Å². The summed E-state index contributed by atoms with van der Waals surface area (Å²) in [5.74, 6) is -3.80. The molecule has 0 saturated heterocycles. The van der Waals surface area contributed by atoms with Crippen molar-refractivity contribution in [2.45, 2.75) is 5.92 Å². The summed E-state index contributed by atoms with van der Waals surface area (Å²) < 4.78 is 28.5. The van der Waals surface area contributed by atoms with Crippen LogP contribution in [0.5, 0.6) is 11.5 Å². The van der Waals surface area contributed by atoms with Gasteiger partial charge in [0.15, 0.2) is 11.5 Å². The zero-order valence-electron chi connectivity index (χ0n) is 18.0. The van der Waals surface area contributed by atoms with E-state index in [2.05, 4.69) is 0 Å². The number of hydrogen-bond acceptors (Lipinski definition) is 9. The molecule has 0 saturated carbocycles. The third kappa shape index (κ3) is 4.04. The van der Waals surface area contributed by atoms with Gasteiger partial charge in [-0.2, -0.15) is 5.26 Å². The predicted octanol–water partition coefficient (Wildman–Crippen LogP) is 2.44. The summed E-state index contributed by atoms with van der Waals surface area (Å²) in [7, 11) is 3.57. The highest BCUT2D eigenvalue weighted by molar-refractivity contribution is 6.06. The smallest absolute Gasteiger partial charge is 0.355 e. The van der Waals surface area contributed by atoms with E-state index < -0.39 is 23.7 Å². The fourth-order valence-corrected chi connectivity index (χ4v) is 3.60. The molecule has 10 heteroatoms. The molecule has 3 rings (SSSR count). The number of benzene rings is 2. The summed E-state index contributed by atoms with van der Waals surface area (Å²) in [6.07, 6.45) is 0. The first-order valence-corrected chi connectivity index (χ1v) is 9.52. The van der Waals surface area contributed by atoms with Crippen molar-refractivity contribution in [1.82, 2.24) is 0 Å². The van der Waals surface area contributed by atoms with Gasteiger partial charge in [0, 0.05) is 5.69 Å². The Balaban J connectivity index is 2.41. The summed E-state index contributed by atoms with van der Waals surface area (Å²) in [6.45, 7) is 0. The Labute approximate surface area is 188 Å². The van der Waals surface area contributed by atoms with Crippen molar-refractivity contribution >= 4 is 17.6 Å². The van der Waals surface area contributed by atoms with Gasteiger partial charge >= 0.3 is 11.9 Å². The normalized spacial score (nSPS) is 15.7. The molecule has 1 heterocycles. The number of nitrogens with zero attached hydrogens (tertiary/aromatic N) is 2. The van der Waals surface area contributed by atoms with Crippen molar-refractivity contribution in [1.29, 1.82) is 5.26 Å². The third-order valence-corrected chi connectivity index (χ3v) is 5.10. The number of phenols is 1. The number of esters is 2. The van der Waals surface area contributed by atoms with E-state index in [0.717, 1.165) is 31.3 Å². The summed E-state index contributed by atoms with van der Waals surface area (Å²) in [5.41, 5.74) is 6.26. The molecule has 1 atom stereocenters. The van der Waals surface area contributed by atoms with Crippen LogP contribution in [0, 0.1) is 17.1 Å². The van der Waals surface area contributed by atoms with Gasteiger partial charge in [-0.3, -0.25) is 4.90 Å². The fourth-order valence-electron chi connectivity index (χ4n) is 3.60. The Hall–Kier alpha value is -4.52. The zero-order chi connectivity index (χ0) is 24.3. The van der Waals surface area contributed by atoms with E-state index in [4.69, 9.17) is 19.9 Å². The number of carbonyl (C=O) groups excluding carboxylic acids is 2. The molecule has 0 radical (unpaired) electrons. The molecule has 0 fully saturated rings. The number of phenolic OH excluding ortho intramolecular Hbond substituents is 1. The van der Waals surface area contributed by atoms with Crippen LogP contribution in [0.4, 0.5) is 10.1 Å². The molecule has 2 aromatic rings. The zero-order valence-corrected chi connectivity index (χ0v) is 18.0. The first-order valence-electron chi connectivity index (χ1n) is 9.52. The number of ether oxygens (including phenoxy) is 3. The van der Waals surface area contributed by atoms with E-state index in [9.17, 15) is 24.3 Å². The van der Waals surface area contributed by atoms with E-state index in [0.29, 0.717) is 5.56 Å². The second-order valence-electron chi connectivity index (χ2n) is 6.83. The maximum Gasteiger partial charge on any atom is 0.355 e. The second-order valence-corrected chi connectivity index (χ2v) is 6.83. The lowest BCUT2D eigenvalue weighted by Crippen LogP contribution is -2.40. The molecule has 0 unspecified atom stereocenters. The molecular formula is C23H20FN3O6. The minimum Gasteiger partial charge on any atom is -0.504 e. The lowest BCUT2D eigenvalue weighted by molar-refractivity contribution is -0.139. The first kappa shape index (κ1) is 23.1. The average Bonchev–Trinajstić information content (AvgIpc) is 2.83. The van der Waals surface area contributed by atoms with Gasteiger partial charge < -0.3 is 25.1 Å². The molecule has 2 aromatic carbocycles. The van der Waals surface area contributed by atoms with Gasteiger partial charge in [0.1, 0.15) is 17.3 Å². The monoisotopic (exact) mass is 453 g/mol. The van der Waals surface area contributed by atoms with Crippen LogP contribution >= 0.6 is 0 Å².